The number of anilines is 1. The van der Waals surface area contributed by atoms with Crippen LogP contribution in [-0.4, -0.2) is 19.0 Å². The summed E-state index contributed by atoms with van der Waals surface area (Å²) in [5, 5.41) is 3.63. The van der Waals surface area contributed by atoms with Gasteiger partial charge in [0, 0.05) is 16.3 Å². The van der Waals surface area contributed by atoms with Gasteiger partial charge >= 0.3 is 5.97 Å². The Hall–Kier alpha value is -2.76. The number of amides is 1. The van der Waals surface area contributed by atoms with E-state index in [0.717, 1.165) is 0 Å². The van der Waals surface area contributed by atoms with E-state index < -0.39 is 11.9 Å². The van der Waals surface area contributed by atoms with Gasteiger partial charge in [0.1, 0.15) is 5.76 Å². The fourth-order valence-electron chi connectivity index (χ4n) is 2.29. The number of hydrogen-bond acceptors (Lipinski definition) is 4. The van der Waals surface area contributed by atoms with Gasteiger partial charge in [-0.25, -0.2) is 4.79 Å². The number of ether oxygens (including phenoxy) is 1. The number of carbonyl (C=O) groups is 2. The van der Waals surface area contributed by atoms with Crippen molar-refractivity contribution in [1.29, 1.82) is 0 Å². The van der Waals surface area contributed by atoms with Gasteiger partial charge in [-0.2, -0.15) is 0 Å². The van der Waals surface area contributed by atoms with Crippen molar-refractivity contribution in [1.82, 2.24) is 0 Å². The summed E-state index contributed by atoms with van der Waals surface area (Å²) < 4.78 is 10.2. The minimum absolute atomic E-state index is 0.128. The number of furan rings is 1. The highest BCUT2D eigenvalue weighted by Gasteiger charge is 2.15. The Bertz CT molecular complexity index is 964. The maximum atomic E-state index is 12.3. The molecule has 0 saturated carbocycles. The van der Waals surface area contributed by atoms with Crippen molar-refractivity contribution in [2.45, 2.75) is 0 Å². The summed E-state index contributed by atoms with van der Waals surface area (Å²) >= 11 is 12.0. The summed E-state index contributed by atoms with van der Waals surface area (Å²) in [5.74, 6) is -0.286. The average Bonchev–Trinajstić information content (AvgIpc) is 3.11. The van der Waals surface area contributed by atoms with Gasteiger partial charge in [0.25, 0.3) is 5.91 Å². The molecule has 132 valence electrons. The van der Waals surface area contributed by atoms with Gasteiger partial charge in [-0.05, 0) is 54.6 Å². The van der Waals surface area contributed by atoms with Crippen LogP contribution in [0, 0.1) is 0 Å². The van der Waals surface area contributed by atoms with E-state index in [1.54, 1.807) is 54.6 Å². The third-order valence-corrected chi connectivity index (χ3v) is 4.14. The molecule has 3 rings (SSSR count). The predicted octanol–water partition coefficient (Wildman–Crippen LogP) is 5.29. The Balaban J connectivity index is 1.75. The quantitative estimate of drug-likeness (QED) is 0.615. The molecule has 2 aromatic carbocycles. The molecule has 0 fully saturated rings. The second-order valence-corrected chi connectivity index (χ2v) is 6.15. The predicted molar refractivity (Wildman–Crippen MR) is 99.9 cm³/mol. The number of nitrogens with one attached hydrogen (secondary N) is 1. The second-order valence-electron chi connectivity index (χ2n) is 5.31. The van der Waals surface area contributed by atoms with E-state index in [4.69, 9.17) is 27.6 Å². The molecule has 0 saturated heterocycles. The lowest BCUT2D eigenvalue weighted by Gasteiger charge is -2.05. The third kappa shape index (κ3) is 3.90. The number of hydrogen-bond donors (Lipinski definition) is 1. The summed E-state index contributed by atoms with van der Waals surface area (Å²) in [7, 11) is 1.31. The van der Waals surface area contributed by atoms with E-state index in [9.17, 15) is 9.59 Å². The van der Waals surface area contributed by atoms with Crippen LogP contribution in [0.25, 0.3) is 11.3 Å². The van der Waals surface area contributed by atoms with Gasteiger partial charge in [-0.3, -0.25) is 4.79 Å². The topological polar surface area (TPSA) is 68.5 Å². The SMILES string of the molecule is COC(=O)c1ccc(NC(=O)c2ccc(-c3ccc(Cl)cc3Cl)o2)cc1. The van der Waals surface area contributed by atoms with E-state index in [1.807, 2.05) is 0 Å². The molecule has 1 heterocycles. The Morgan fingerprint density at radius 2 is 1.73 bits per heavy atom. The fraction of sp³-hybridized carbons (Fsp3) is 0.0526. The van der Waals surface area contributed by atoms with Crippen LogP contribution in [0.15, 0.2) is 59.0 Å². The third-order valence-electron chi connectivity index (χ3n) is 3.59. The molecule has 7 heteroatoms. The van der Waals surface area contributed by atoms with Crippen molar-refractivity contribution in [2.75, 3.05) is 12.4 Å². The summed E-state index contributed by atoms with van der Waals surface area (Å²) in [6.07, 6.45) is 0. The molecule has 5 nitrogen and oxygen atoms in total. The van der Waals surface area contributed by atoms with E-state index in [1.165, 1.54) is 7.11 Å². The molecule has 0 atom stereocenters. The zero-order valence-electron chi connectivity index (χ0n) is 13.6. The van der Waals surface area contributed by atoms with Crippen LogP contribution in [0.1, 0.15) is 20.9 Å². The summed E-state index contributed by atoms with van der Waals surface area (Å²) in [6.45, 7) is 0. The normalized spacial score (nSPS) is 10.4. The first-order chi connectivity index (χ1) is 12.5. The van der Waals surface area contributed by atoms with E-state index in [2.05, 4.69) is 10.1 Å². The lowest BCUT2D eigenvalue weighted by Crippen LogP contribution is -2.11. The average molecular weight is 390 g/mol. The van der Waals surface area contributed by atoms with Crippen LogP contribution < -0.4 is 5.32 Å². The maximum Gasteiger partial charge on any atom is 0.337 e. The van der Waals surface area contributed by atoms with Gasteiger partial charge in [0.2, 0.25) is 0 Å². The smallest absolute Gasteiger partial charge is 0.337 e. The Kier molecular flexibility index (Phi) is 5.30. The van der Waals surface area contributed by atoms with Crippen molar-refractivity contribution in [3.05, 3.63) is 76.0 Å². The lowest BCUT2D eigenvalue weighted by atomic mass is 10.2. The molecule has 0 aliphatic heterocycles. The highest BCUT2D eigenvalue weighted by Crippen LogP contribution is 2.31. The van der Waals surface area contributed by atoms with Gasteiger partial charge < -0.3 is 14.5 Å². The van der Waals surface area contributed by atoms with E-state index in [0.29, 0.717) is 32.6 Å². The van der Waals surface area contributed by atoms with Crippen molar-refractivity contribution in [3.8, 4) is 11.3 Å². The van der Waals surface area contributed by atoms with Crippen LogP contribution in [0.3, 0.4) is 0 Å². The number of rotatable bonds is 4. The highest BCUT2D eigenvalue weighted by atomic mass is 35.5. The fourth-order valence-corrected chi connectivity index (χ4v) is 2.80. The molecular formula is C19H13Cl2NO4. The molecule has 26 heavy (non-hydrogen) atoms. The molecule has 0 unspecified atom stereocenters. The molecule has 1 amide bonds. The standard InChI is InChI=1S/C19H13Cl2NO4/c1-25-19(24)11-2-5-13(6-3-11)22-18(23)17-9-8-16(26-17)14-7-4-12(20)10-15(14)21/h2-10H,1H3,(H,22,23). The number of halogens is 2. The minimum Gasteiger partial charge on any atom is -0.465 e. The molecule has 0 bridgehead atoms. The number of methoxy groups -OCH3 is 1. The number of carbonyl (C=O) groups excluding carboxylic acids is 2. The Morgan fingerprint density at radius 1 is 1.00 bits per heavy atom. The lowest BCUT2D eigenvalue weighted by molar-refractivity contribution is 0.0600. The van der Waals surface area contributed by atoms with Crippen LogP contribution in [0.2, 0.25) is 10.0 Å². The molecule has 0 radical (unpaired) electrons. The van der Waals surface area contributed by atoms with Crippen LogP contribution in [0.5, 0.6) is 0 Å². The molecule has 1 aromatic heterocycles. The van der Waals surface area contributed by atoms with Gasteiger partial charge in [-0.15, -0.1) is 0 Å². The zero-order valence-corrected chi connectivity index (χ0v) is 15.1. The summed E-state index contributed by atoms with van der Waals surface area (Å²) in [4.78, 5) is 23.7. The Labute approximate surface area is 159 Å². The van der Waals surface area contributed by atoms with Crippen LogP contribution >= 0.6 is 23.2 Å². The monoisotopic (exact) mass is 389 g/mol. The Morgan fingerprint density at radius 3 is 2.38 bits per heavy atom. The van der Waals surface area contributed by atoms with Gasteiger partial charge in [0.15, 0.2) is 5.76 Å². The first-order valence-corrected chi connectivity index (χ1v) is 8.28. The minimum atomic E-state index is -0.446. The number of benzene rings is 2. The second kappa shape index (κ2) is 7.64. The van der Waals surface area contributed by atoms with Crippen molar-refractivity contribution >= 4 is 40.8 Å². The van der Waals surface area contributed by atoms with E-state index in [-0.39, 0.29) is 5.76 Å². The molecule has 0 spiro atoms. The van der Waals surface area contributed by atoms with E-state index >= 15 is 0 Å². The highest BCUT2D eigenvalue weighted by molar-refractivity contribution is 6.36. The zero-order chi connectivity index (χ0) is 18.7. The molecular weight excluding hydrogens is 377 g/mol. The molecule has 3 aromatic rings. The summed E-state index contributed by atoms with van der Waals surface area (Å²) in [5.41, 5.74) is 1.55. The van der Waals surface area contributed by atoms with Crippen LogP contribution in [0.4, 0.5) is 5.69 Å². The van der Waals surface area contributed by atoms with Crippen molar-refractivity contribution < 1.29 is 18.7 Å². The molecule has 1 N–H and O–H groups in total. The van der Waals surface area contributed by atoms with Crippen molar-refractivity contribution in [2.24, 2.45) is 0 Å². The number of esters is 1. The van der Waals surface area contributed by atoms with Gasteiger partial charge in [-0.1, -0.05) is 23.2 Å². The van der Waals surface area contributed by atoms with Gasteiger partial charge in [0.05, 0.1) is 17.7 Å². The largest absolute Gasteiger partial charge is 0.465 e. The van der Waals surface area contributed by atoms with Crippen molar-refractivity contribution in [3.63, 3.8) is 0 Å². The summed E-state index contributed by atoms with van der Waals surface area (Å²) in [6, 6.07) is 14.5. The maximum absolute atomic E-state index is 12.3. The first kappa shape index (κ1) is 18.0. The molecule has 0 aliphatic rings. The molecule has 0 aliphatic carbocycles. The van der Waals surface area contributed by atoms with Crippen LogP contribution in [-0.2, 0) is 4.74 Å². The first-order valence-electron chi connectivity index (χ1n) is 7.53.